The van der Waals surface area contributed by atoms with Crippen LogP contribution >= 0.6 is 0 Å². The molecule has 1 aliphatic rings. The number of nitrogens with one attached hydrogen (secondary N) is 1. The summed E-state index contributed by atoms with van der Waals surface area (Å²) in [4.78, 5) is 11.6. The lowest BCUT2D eigenvalue weighted by atomic mass is 9.99. The molecule has 1 atom stereocenters. The Morgan fingerprint density at radius 3 is 2.88 bits per heavy atom. The summed E-state index contributed by atoms with van der Waals surface area (Å²) in [5.41, 5.74) is 2.00. The first-order chi connectivity index (χ1) is 11.7. The second-order valence-corrected chi connectivity index (χ2v) is 6.50. The second kappa shape index (κ2) is 8.22. The van der Waals surface area contributed by atoms with Crippen molar-refractivity contribution in [3.63, 3.8) is 0 Å². The van der Waals surface area contributed by atoms with Crippen LogP contribution in [0.2, 0.25) is 0 Å². The number of aryl methyl sites for hydroxylation is 1. The Labute approximate surface area is 143 Å². The zero-order valence-corrected chi connectivity index (χ0v) is 14.3. The first-order valence-corrected chi connectivity index (χ1v) is 8.73. The van der Waals surface area contributed by atoms with Gasteiger partial charge in [-0.25, -0.2) is 9.97 Å². The van der Waals surface area contributed by atoms with Crippen molar-refractivity contribution in [3.8, 4) is 11.4 Å². The zero-order valence-electron chi connectivity index (χ0n) is 14.3. The van der Waals surface area contributed by atoms with E-state index in [1.54, 1.807) is 0 Å². The van der Waals surface area contributed by atoms with E-state index in [1.807, 2.05) is 43.3 Å². The van der Waals surface area contributed by atoms with Crippen LogP contribution in [0.25, 0.3) is 11.4 Å². The predicted octanol–water partition coefficient (Wildman–Crippen LogP) is 2.57. The Balaban J connectivity index is 1.58. The fourth-order valence-electron chi connectivity index (χ4n) is 3.22. The van der Waals surface area contributed by atoms with Crippen LogP contribution in [0.3, 0.4) is 0 Å². The van der Waals surface area contributed by atoms with Crippen LogP contribution in [0.15, 0.2) is 36.4 Å². The van der Waals surface area contributed by atoms with Crippen LogP contribution in [-0.2, 0) is 0 Å². The molecule has 1 fully saturated rings. The van der Waals surface area contributed by atoms with E-state index >= 15 is 0 Å². The minimum atomic E-state index is 0.301. The maximum absolute atomic E-state index is 9.32. The van der Waals surface area contributed by atoms with E-state index in [9.17, 15) is 5.11 Å². The molecular formula is C19H26N4O. The highest BCUT2D eigenvalue weighted by molar-refractivity contribution is 5.57. The third-order valence-corrected chi connectivity index (χ3v) is 4.48. The lowest BCUT2D eigenvalue weighted by molar-refractivity contribution is 0.123. The molecule has 24 heavy (non-hydrogen) atoms. The average Bonchev–Trinajstić information content (AvgIpc) is 2.62. The molecule has 0 radical (unpaired) electrons. The van der Waals surface area contributed by atoms with Crippen LogP contribution in [0.1, 0.15) is 18.5 Å². The lowest BCUT2D eigenvalue weighted by Gasteiger charge is -2.31. The van der Waals surface area contributed by atoms with Gasteiger partial charge in [-0.1, -0.05) is 30.3 Å². The Bertz CT molecular complexity index is 647. The molecule has 0 unspecified atom stereocenters. The number of anilines is 1. The molecule has 1 aromatic heterocycles. The van der Waals surface area contributed by atoms with Crippen LogP contribution < -0.4 is 5.32 Å². The standard InChI is InChI=1S/C19H26N4O/c1-15-12-18(22-19(21-15)17-7-3-2-4-8-17)20-9-11-23-10-5-6-16(13-23)14-24/h2-4,7-8,12,16,24H,5-6,9-11,13-14H2,1H3,(H,20,21,22)/t16-/m1/s1. The molecule has 1 saturated heterocycles. The second-order valence-electron chi connectivity index (χ2n) is 6.50. The summed E-state index contributed by atoms with van der Waals surface area (Å²) in [6.07, 6.45) is 2.32. The van der Waals surface area contributed by atoms with Crippen molar-refractivity contribution in [1.82, 2.24) is 14.9 Å². The van der Waals surface area contributed by atoms with Gasteiger partial charge in [0.05, 0.1) is 0 Å². The maximum atomic E-state index is 9.32. The number of piperidine rings is 1. The minimum absolute atomic E-state index is 0.301. The fraction of sp³-hybridized carbons (Fsp3) is 0.474. The third kappa shape index (κ3) is 4.52. The highest BCUT2D eigenvalue weighted by Crippen LogP contribution is 2.18. The Morgan fingerprint density at radius 2 is 2.08 bits per heavy atom. The van der Waals surface area contributed by atoms with Crippen molar-refractivity contribution in [3.05, 3.63) is 42.1 Å². The lowest BCUT2D eigenvalue weighted by Crippen LogP contribution is -2.39. The van der Waals surface area contributed by atoms with Crippen LogP contribution in [0.4, 0.5) is 5.82 Å². The van der Waals surface area contributed by atoms with Gasteiger partial charge in [0.2, 0.25) is 0 Å². The quantitative estimate of drug-likeness (QED) is 0.854. The first kappa shape index (κ1) is 16.9. The zero-order chi connectivity index (χ0) is 16.8. The van der Waals surface area contributed by atoms with Gasteiger partial charge in [0.25, 0.3) is 0 Å². The molecule has 0 spiro atoms. The van der Waals surface area contributed by atoms with Gasteiger partial charge in [-0.05, 0) is 32.2 Å². The van der Waals surface area contributed by atoms with Crippen LogP contribution in [-0.4, -0.2) is 52.8 Å². The van der Waals surface area contributed by atoms with Gasteiger partial charge in [0, 0.05) is 43.6 Å². The largest absolute Gasteiger partial charge is 0.396 e. The topological polar surface area (TPSA) is 61.3 Å². The number of aliphatic hydroxyl groups is 1. The number of benzene rings is 1. The van der Waals surface area contributed by atoms with E-state index in [2.05, 4.69) is 20.2 Å². The number of nitrogens with zero attached hydrogens (tertiary/aromatic N) is 3. The van der Waals surface area contributed by atoms with Crippen LogP contribution in [0, 0.1) is 12.8 Å². The Kier molecular flexibility index (Phi) is 5.77. The molecule has 3 rings (SSSR count). The molecule has 5 nitrogen and oxygen atoms in total. The number of hydrogen-bond donors (Lipinski definition) is 2. The highest BCUT2D eigenvalue weighted by Gasteiger charge is 2.18. The SMILES string of the molecule is Cc1cc(NCCN2CCC[C@@H](CO)C2)nc(-c2ccccc2)n1. The van der Waals surface area contributed by atoms with Gasteiger partial charge >= 0.3 is 0 Å². The molecule has 2 heterocycles. The Morgan fingerprint density at radius 1 is 1.25 bits per heavy atom. The van der Waals surface area contributed by atoms with Gasteiger partial charge in [0.15, 0.2) is 5.82 Å². The van der Waals surface area contributed by atoms with E-state index in [4.69, 9.17) is 0 Å². The van der Waals surface area contributed by atoms with Crippen molar-refractivity contribution in [2.75, 3.05) is 38.1 Å². The summed E-state index contributed by atoms with van der Waals surface area (Å²) in [6.45, 7) is 6.24. The molecule has 128 valence electrons. The number of likely N-dealkylation sites (tertiary alicyclic amines) is 1. The van der Waals surface area contributed by atoms with Gasteiger partial charge in [-0.2, -0.15) is 0 Å². The van der Waals surface area contributed by atoms with Gasteiger partial charge in [-0.15, -0.1) is 0 Å². The predicted molar refractivity (Wildman–Crippen MR) is 96.9 cm³/mol. The number of hydrogen-bond acceptors (Lipinski definition) is 5. The van der Waals surface area contributed by atoms with Crippen molar-refractivity contribution in [1.29, 1.82) is 0 Å². The van der Waals surface area contributed by atoms with Crippen molar-refractivity contribution < 1.29 is 5.11 Å². The number of rotatable bonds is 6. The third-order valence-electron chi connectivity index (χ3n) is 4.48. The summed E-state index contributed by atoms with van der Waals surface area (Å²) in [7, 11) is 0. The Hall–Kier alpha value is -1.98. The van der Waals surface area contributed by atoms with E-state index < -0.39 is 0 Å². The minimum Gasteiger partial charge on any atom is -0.396 e. The molecule has 0 saturated carbocycles. The van der Waals surface area contributed by atoms with E-state index in [0.29, 0.717) is 12.5 Å². The number of aromatic nitrogens is 2. The van der Waals surface area contributed by atoms with Gasteiger partial charge < -0.3 is 15.3 Å². The monoisotopic (exact) mass is 326 g/mol. The summed E-state index contributed by atoms with van der Waals surface area (Å²) >= 11 is 0. The van der Waals surface area contributed by atoms with Gasteiger partial charge in [0.1, 0.15) is 5.82 Å². The molecule has 1 aromatic carbocycles. The molecule has 1 aliphatic heterocycles. The number of aliphatic hydroxyl groups excluding tert-OH is 1. The van der Waals surface area contributed by atoms with Crippen molar-refractivity contribution >= 4 is 5.82 Å². The maximum Gasteiger partial charge on any atom is 0.161 e. The van der Waals surface area contributed by atoms with Gasteiger partial charge in [-0.3, -0.25) is 0 Å². The fourth-order valence-corrected chi connectivity index (χ4v) is 3.22. The van der Waals surface area contributed by atoms with Crippen molar-refractivity contribution in [2.24, 2.45) is 5.92 Å². The van der Waals surface area contributed by atoms with E-state index in [-0.39, 0.29) is 0 Å². The molecule has 5 heteroatoms. The summed E-state index contributed by atoms with van der Waals surface area (Å²) in [5, 5.41) is 12.7. The van der Waals surface area contributed by atoms with E-state index in [0.717, 1.165) is 55.5 Å². The van der Waals surface area contributed by atoms with Crippen LogP contribution in [0.5, 0.6) is 0 Å². The molecular weight excluding hydrogens is 300 g/mol. The van der Waals surface area contributed by atoms with E-state index in [1.165, 1.54) is 6.42 Å². The highest BCUT2D eigenvalue weighted by atomic mass is 16.3. The smallest absolute Gasteiger partial charge is 0.161 e. The average molecular weight is 326 g/mol. The summed E-state index contributed by atoms with van der Waals surface area (Å²) < 4.78 is 0. The first-order valence-electron chi connectivity index (χ1n) is 8.73. The molecule has 0 aliphatic carbocycles. The molecule has 0 amide bonds. The summed E-state index contributed by atoms with van der Waals surface area (Å²) in [5.74, 6) is 2.07. The summed E-state index contributed by atoms with van der Waals surface area (Å²) in [6, 6.07) is 12.0. The van der Waals surface area contributed by atoms with Crippen molar-refractivity contribution in [2.45, 2.75) is 19.8 Å². The molecule has 0 bridgehead atoms. The molecule has 2 aromatic rings. The normalized spacial score (nSPS) is 18.5. The molecule has 2 N–H and O–H groups in total.